The van der Waals surface area contributed by atoms with Gasteiger partial charge in [0.05, 0.1) is 32.4 Å². The van der Waals surface area contributed by atoms with E-state index in [1.807, 2.05) is 17.0 Å². The van der Waals surface area contributed by atoms with Gasteiger partial charge in [-0.15, -0.1) is 0 Å². The fourth-order valence-corrected chi connectivity index (χ4v) is 2.89. The van der Waals surface area contributed by atoms with Crippen molar-refractivity contribution in [3.8, 4) is 5.75 Å². The SMILES string of the molecule is CC(C)S(=O)(=O)Oc1ccc(CN(CC[NH+](C)C)C(=O)CC(C)(C)C)cc1. The fourth-order valence-electron chi connectivity index (χ4n) is 2.32. The third kappa shape index (κ3) is 8.75. The fraction of sp³-hybridized carbons (Fsp3) is 0.650. The molecule has 1 N–H and O–H groups in total. The zero-order valence-electron chi connectivity index (χ0n) is 17.7. The van der Waals surface area contributed by atoms with Crippen molar-refractivity contribution < 1.29 is 22.3 Å². The predicted molar refractivity (Wildman–Crippen MR) is 108 cm³/mol. The number of carbonyl (C=O) groups excluding carboxylic acids is 1. The number of likely N-dealkylation sites (N-methyl/N-ethyl adjacent to an activating group) is 1. The Morgan fingerprint density at radius 3 is 2.15 bits per heavy atom. The molecule has 0 radical (unpaired) electrons. The Morgan fingerprint density at radius 1 is 1.15 bits per heavy atom. The summed E-state index contributed by atoms with van der Waals surface area (Å²) in [6, 6.07) is 6.90. The second-order valence-electron chi connectivity index (χ2n) is 8.78. The number of quaternary nitrogens is 1. The number of hydrogen-bond acceptors (Lipinski definition) is 4. The molecule has 0 spiro atoms. The van der Waals surface area contributed by atoms with Crippen molar-refractivity contribution >= 4 is 16.0 Å². The first-order chi connectivity index (χ1) is 12.3. The van der Waals surface area contributed by atoms with Crippen LogP contribution in [0, 0.1) is 5.41 Å². The minimum absolute atomic E-state index is 0.0663. The number of hydrogen-bond donors (Lipinski definition) is 1. The van der Waals surface area contributed by atoms with Gasteiger partial charge in [0.15, 0.2) is 0 Å². The van der Waals surface area contributed by atoms with E-state index < -0.39 is 15.4 Å². The minimum atomic E-state index is -3.61. The smallest absolute Gasteiger partial charge is 0.311 e. The van der Waals surface area contributed by atoms with Crippen LogP contribution in [0.25, 0.3) is 0 Å². The van der Waals surface area contributed by atoms with Crippen LogP contribution in [0.5, 0.6) is 5.75 Å². The lowest BCUT2D eigenvalue weighted by atomic mass is 9.91. The highest BCUT2D eigenvalue weighted by atomic mass is 32.2. The topological polar surface area (TPSA) is 68.1 Å². The van der Waals surface area contributed by atoms with Gasteiger partial charge in [0.1, 0.15) is 5.75 Å². The summed E-state index contributed by atoms with van der Waals surface area (Å²) in [4.78, 5) is 15.9. The first-order valence-electron chi connectivity index (χ1n) is 9.39. The summed E-state index contributed by atoms with van der Waals surface area (Å²) in [6.45, 7) is 11.4. The molecule has 0 unspecified atom stereocenters. The molecule has 1 aromatic rings. The molecule has 0 heterocycles. The molecule has 0 saturated carbocycles. The van der Waals surface area contributed by atoms with Gasteiger partial charge in [-0.1, -0.05) is 32.9 Å². The molecule has 0 aromatic heterocycles. The first kappa shape index (κ1) is 23.4. The lowest BCUT2D eigenvalue weighted by Gasteiger charge is -2.27. The van der Waals surface area contributed by atoms with E-state index >= 15 is 0 Å². The minimum Gasteiger partial charge on any atom is -0.382 e. The number of nitrogens with zero attached hydrogens (tertiary/aromatic N) is 1. The van der Waals surface area contributed by atoms with Crippen molar-refractivity contribution in [2.75, 3.05) is 27.2 Å². The van der Waals surface area contributed by atoms with Crippen LogP contribution < -0.4 is 9.08 Å². The first-order valence-corrected chi connectivity index (χ1v) is 10.9. The number of amides is 1. The molecule has 0 bridgehead atoms. The Hall–Kier alpha value is -1.60. The summed E-state index contributed by atoms with van der Waals surface area (Å²) in [6.07, 6.45) is 0.490. The van der Waals surface area contributed by atoms with Crippen molar-refractivity contribution in [2.45, 2.75) is 52.8 Å². The van der Waals surface area contributed by atoms with Crippen LogP contribution in [0.1, 0.15) is 46.6 Å². The van der Waals surface area contributed by atoms with Gasteiger partial charge in [0, 0.05) is 13.0 Å². The lowest BCUT2D eigenvalue weighted by molar-refractivity contribution is -0.857. The van der Waals surface area contributed by atoms with E-state index in [0.29, 0.717) is 19.5 Å². The highest BCUT2D eigenvalue weighted by Crippen LogP contribution is 2.21. The average molecular weight is 400 g/mol. The van der Waals surface area contributed by atoms with Crippen LogP contribution in [-0.2, 0) is 21.5 Å². The maximum atomic E-state index is 12.7. The average Bonchev–Trinajstić information content (AvgIpc) is 2.50. The molecule has 7 heteroatoms. The van der Waals surface area contributed by atoms with Crippen LogP contribution in [0.2, 0.25) is 0 Å². The van der Waals surface area contributed by atoms with Crippen LogP contribution in [0.3, 0.4) is 0 Å². The van der Waals surface area contributed by atoms with Crippen LogP contribution in [0.15, 0.2) is 24.3 Å². The van der Waals surface area contributed by atoms with E-state index in [2.05, 4.69) is 34.9 Å². The summed E-state index contributed by atoms with van der Waals surface area (Å²) in [7, 11) is 0.520. The molecule has 1 aromatic carbocycles. The van der Waals surface area contributed by atoms with Gasteiger partial charge >= 0.3 is 10.1 Å². The van der Waals surface area contributed by atoms with Gasteiger partial charge in [0.25, 0.3) is 0 Å². The van der Waals surface area contributed by atoms with Crippen molar-refractivity contribution in [2.24, 2.45) is 5.41 Å². The third-order valence-electron chi connectivity index (χ3n) is 4.00. The summed E-state index contributed by atoms with van der Waals surface area (Å²) in [5.74, 6) is 0.421. The molecule has 154 valence electrons. The standard InChI is InChI=1S/C20H34N2O4S/c1-16(2)27(24,25)26-18-10-8-17(9-11-18)15-22(13-12-21(6)7)19(23)14-20(3,4)5/h8-11,16H,12-15H2,1-7H3/p+1. The number of rotatable bonds is 9. The monoisotopic (exact) mass is 399 g/mol. The molecular weight excluding hydrogens is 364 g/mol. The number of carbonyl (C=O) groups is 1. The Kier molecular flexibility index (Phi) is 8.29. The molecule has 27 heavy (non-hydrogen) atoms. The molecule has 0 aliphatic heterocycles. The number of benzene rings is 1. The molecule has 0 aliphatic carbocycles. The Labute approximate surface area is 164 Å². The van der Waals surface area contributed by atoms with E-state index in [1.54, 1.807) is 26.0 Å². The van der Waals surface area contributed by atoms with Crippen molar-refractivity contribution in [1.82, 2.24) is 4.90 Å². The summed E-state index contributed by atoms with van der Waals surface area (Å²) < 4.78 is 28.8. The molecule has 0 saturated heterocycles. The zero-order valence-corrected chi connectivity index (χ0v) is 18.5. The van der Waals surface area contributed by atoms with E-state index in [0.717, 1.165) is 12.1 Å². The quantitative estimate of drug-likeness (QED) is 0.642. The van der Waals surface area contributed by atoms with Crippen LogP contribution >= 0.6 is 0 Å². The molecule has 6 nitrogen and oxygen atoms in total. The third-order valence-corrected chi connectivity index (χ3v) is 5.58. The lowest BCUT2D eigenvalue weighted by Crippen LogP contribution is -3.06. The Morgan fingerprint density at radius 2 is 1.70 bits per heavy atom. The maximum absolute atomic E-state index is 12.7. The van der Waals surface area contributed by atoms with Crippen molar-refractivity contribution in [3.05, 3.63) is 29.8 Å². The molecule has 1 amide bonds. The predicted octanol–water partition coefficient (Wildman–Crippen LogP) is 1.71. The van der Waals surface area contributed by atoms with Crippen LogP contribution in [0.4, 0.5) is 0 Å². The van der Waals surface area contributed by atoms with E-state index in [-0.39, 0.29) is 17.1 Å². The molecular formula is C20H35N2O4S+. The summed E-state index contributed by atoms with van der Waals surface area (Å²) >= 11 is 0. The van der Waals surface area contributed by atoms with Crippen molar-refractivity contribution in [1.29, 1.82) is 0 Å². The van der Waals surface area contributed by atoms with Crippen LogP contribution in [-0.4, -0.2) is 51.7 Å². The van der Waals surface area contributed by atoms with Gasteiger partial charge in [-0.3, -0.25) is 4.79 Å². The molecule has 0 atom stereocenters. The zero-order chi connectivity index (χ0) is 20.8. The molecule has 0 aliphatic rings. The van der Waals surface area contributed by atoms with Gasteiger partial charge < -0.3 is 14.0 Å². The maximum Gasteiger partial charge on any atom is 0.311 e. The normalized spacial score (nSPS) is 12.5. The highest BCUT2D eigenvalue weighted by molar-refractivity contribution is 7.87. The van der Waals surface area contributed by atoms with E-state index in [9.17, 15) is 13.2 Å². The number of nitrogens with one attached hydrogen (secondary N) is 1. The van der Waals surface area contributed by atoms with Gasteiger partial charge in [-0.25, -0.2) is 0 Å². The Balaban J connectivity index is 2.86. The van der Waals surface area contributed by atoms with E-state index in [1.165, 1.54) is 4.90 Å². The van der Waals surface area contributed by atoms with Gasteiger partial charge in [-0.2, -0.15) is 8.42 Å². The second-order valence-corrected chi connectivity index (χ2v) is 10.9. The van der Waals surface area contributed by atoms with Gasteiger partial charge in [-0.05, 0) is 37.0 Å². The van der Waals surface area contributed by atoms with Crippen molar-refractivity contribution in [3.63, 3.8) is 0 Å². The molecule has 1 rings (SSSR count). The second kappa shape index (κ2) is 9.55. The van der Waals surface area contributed by atoms with Gasteiger partial charge in [0.2, 0.25) is 5.91 Å². The summed E-state index contributed by atoms with van der Waals surface area (Å²) in [5.41, 5.74) is 0.878. The largest absolute Gasteiger partial charge is 0.382 e. The highest BCUT2D eigenvalue weighted by Gasteiger charge is 2.22. The Bertz CT molecular complexity index is 704. The van der Waals surface area contributed by atoms with E-state index in [4.69, 9.17) is 4.18 Å². The molecule has 0 fully saturated rings. The summed E-state index contributed by atoms with van der Waals surface area (Å²) in [5, 5.41) is -0.601.